The van der Waals surface area contributed by atoms with Gasteiger partial charge >= 0.3 is 0 Å². The van der Waals surface area contributed by atoms with Crippen molar-refractivity contribution in [3.8, 4) is 0 Å². The van der Waals surface area contributed by atoms with Crippen LogP contribution in [0.5, 0.6) is 0 Å². The maximum atomic E-state index is 12.2. The molecule has 2 aromatic rings. The summed E-state index contributed by atoms with van der Waals surface area (Å²) in [5, 5.41) is 2.96. The average Bonchev–Trinajstić information content (AvgIpc) is 2.64. The van der Waals surface area contributed by atoms with Gasteiger partial charge in [-0.15, -0.1) is 0 Å². The summed E-state index contributed by atoms with van der Waals surface area (Å²) in [6, 6.07) is 18.3. The van der Waals surface area contributed by atoms with Crippen LogP contribution in [0, 0.1) is 0 Å². The zero-order chi connectivity index (χ0) is 17.5. The second-order valence-electron chi connectivity index (χ2n) is 6.41. The summed E-state index contributed by atoms with van der Waals surface area (Å²) in [6.07, 6.45) is 1.09. The van der Waals surface area contributed by atoms with Crippen LogP contribution in [0.4, 0.5) is 5.69 Å². The topological polar surface area (TPSA) is 35.6 Å². The Morgan fingerprint density at radius 1 is 0.920 bits per heavy atom. The van der Waals surface area contributed by atoms with Gasteiger partial charge in [0.05, 0.1) is 6.54 Å². The normalized spacial score (nSPS) is 15.9. The van der Waals surface area contributed by atoms with Crippen LogP contribution in [0.15, 0.2) is 59.1 Å². The third kappa shape index (κ3) is 5.96. The highest BCUT2D eigenvalue weighted by molar-refractivity contribution is 9.10. The SMILES string of the molecule is O=C(CN1CCN(CCc2ccccc2)CC1)Nc1ccc(Br)cc1. The Bertz CT molecular complexity index is 667. The number of nitrogens with one attached hydrogen (secondary N) is 1. The fourth-order valence-electron chi connectivity index (χ4n) is 3.04. The Morgan fingerprint density at radius 3 is 2.24 bits per heavy atom. The molecule has 0 aliphatic carbocycles. The molecule has 1 amide bonds. The van der Waals surface area contributed by atoms with Crippen molar-refractivity contribution in [3.05, 3.63) is 64.6 Å². The van der Waals surface area contributed by atoms with E-state index in [9.17, 15) is 4.79 Å². The van der Waals surface area contributed by atoms with E-state index in [0.29, 0.717) is 6.54 Å². The van der Waals surface area contributed by atoms with Crippen molar-refractivity contribution in [2.75, 3.05) is 44.6 Å². The van der Waals surface area contributed by atoms with E-state index < -0.39 is 0 Å². The van der Waals surface area contributed by atoms with Gasteiger partial charge < -0.3 is 10.2 Å². The number of nitrogens with zero attached hydrogens (tertiary/aromatic N) is 2. The number of benzene rings is 2. The standard InChI is InChI=1S/C20H24BrN3O/c21-18-6-8-19(9-7-18)22-20(25)16-24-14-12-23(13-15-24)11-10-17-4-2-1-3-5-17/h1-9H,10-16H2,(H,22,25). The molecular formula is C20H24BrN3O. The maximum absolute atomic E-state index is 12.2. The Hall–Kier alpha value is -1.69. The predicted octanol–water partition coefficient (Wildman–Crippen LogP) is 3.25. The molecule has 1 fully saturated rings. The van der Waals surface area contributed by atoms with Crippen LogP contribution in [-0.2, 0) is 11.2 Å². The summed E-state index contributed by atoms with van der Waals surface area (Å²) in [6.45, 7) is 5.49. The molecule has 4 nitrogen and oxygen atoms in total. The van der Waals surface area contributed by atoms with Crippen LogP contribution in [-0.4, -0.2) is 55.0 Å². The van der Waals surface area contributed by atoms with Gasteiger partial charge in [-0.2, -0.15) is 0 Å². The van der Waals surface area contributed by atoms with Gasteiger partial charge in [0, 0.05) is 42.9 Å². The van der Waals surface area contributed by atoms with Crippen LogP contribution in [0.2, 0.25) is 0 Å². The first kappa shape index (κ1) is 18.1. The second kappa shape index (κ2) is 9.13. The first-order valence-electron chi connectivity index (χ1n) is 8.73. The van der Waals surface area contributed by atoms with Crippen LogP contribution >= 0.6 is 15.9 Å². The number of anilines is 1. The number of hydrogen-bond acceptors (Lipinski definition) is 3. The van der Waals surface area contributed by atoms with Gasteiger partial charge in [-0.3, -0.25) is 9.69 Å². The lowest BCUT2D eigenvalue weighted by molar-refractivity contribution is -0.117. The van der Waals surface area contributed by atoms with Crippen molar-refractivity contribution in [1.29, 1.82) is 0 Å². The summed E-state index contributed by atoms with van der Waals surface area (Å²) in [5.74, 6) is 0.0556. The third-order valence-corrected chi connectivity index (χ3v) is 5.05. The lowest BCUT2D eigenvalue weighted by Gasteiger charge is -2.34. The fraction of sp³-hybridized carbons (Fsp3) is 0.350. The highest BCUT2D eigenvalue weighted by atomic mass is 79.9. The third-order valence-electron chi connectivity index (χ3n) is 4.52. The number of carbonyl (C=O) groups excluding carboxylic acids is 1. The molecule has 3 rings (SSSR count). The Kier molecular flexibility index (Phi) is 6.62. The zero-order valence-electron chi connectivity index (χ0n) is 14.3. The van der Waals surface area contributed by atoms with E-state index in [0.717, 1.165) is 49.3 Å². The van der Waals surface area contributed by atoms with Gasteiger partial charge in [-0.05, 0) is 36.2 Å². The first-order valence-corrected chi connectivity index (χ1v) is 9.52. The molecule has 0 spiro atoms. The molecule has 0 radical (unpaired) electrons. The van der Waals surface area contributed by atoms with E-state index in [1.807, 2.05) is 24.3 Å². The molecule has 0 atom stereocenters. The van der Waals surface area contributed by atoms with Crippen LogP contribution < -0.4 is 5.32 Å². The van der Waals surface area contributed by atoms with Crippen molar-refractivity contribution < 1.29 is 4.79 Å². The highest BCUT2D eigenvalue weighted by Crippen LogP contribution is 2.14. The second-order valence-corrected chi connectivity index (χ2v) is 7.32. The van der Waals surface area contributed by atoms with E-state index in [1.54, 1.807) is 0 Å². The lowest BCUT2D eigenvalue weighted by atomic mass is 10.1. The largest absolute Gasteiger partial charge is 0.325 e. The number of amides is 1. The molecular weight excluding hydrogens is 378 g/mol. The van der Waals surface area contributed by atoms with Gasteiger partial charge in [0.15, 0.2) is 0 Å². The Morgan fingerprint density at radius 2 is 1.56 bits per heavy atom. The monoisotopic (exact) mass is 401 g/mol. The van der Waals surface area contributed by atoms with Gasteiger partial charge in [-0.1, -0.05) is 46.3 Å². The van der Waals surface area contributed by atoms with Gasteiger partial charge in [0.1, 0.15) is 0 Å². The Balaban J connectivity index is 1.37. The van der Waals surface area contributed by atoms with Gasteiger partial charge in [0.2, 0.25) is 5.91 Å². The molecule has 0 unspecified atom stereocenters. The smallest absolute Gasteiger partial charge is 0.238 e. The number of hydrogen-bond donors (Lipinski definition) is 1. The van der Waals surface area contributed by atoms with Gasteiger partial charge in [-0.25, -0.2) is 0 Å². The van der Waals surface area contributed by atoms with Crippen LogP contribution in [0.25, 0.3) is 0 Å². The van der Waals surface area contributed by atoms with Crippen LogP contribution in [0.3, 0.4) is 0 Å². The maximum Gasteiger partial charge on any atom is 0.238 e. The molecule has 2 aromatic carbocycles. The van der Waals surface area contributed by atoms with Crippen molar-refractivity contribution in [3.63, 3.8) is 0 Å². The zero-order valence-corrected chi connectivity index (χ0v) is 15.9. The van der Waals surface area contributed by atoms with Crippen LogP contribution in [0.1, 0.15) is 5.56 Å². The molecule has 0 aromatic heterocycles. The lowest BCUT2D eigenvalue weighted by Crippen LogP contribution is -2.49. The van der Waals surface area contributed by atoms with Crippen molar-refractivity contribution in [1.82, 2.24) is 9.80 Å². The summed E-state index contributed by atoms with van der Waals surface area (Å²) in [5.41, 5.74) is 2.23. The molecule has 1 N–H and O–H groups in total. The van der Waals surface area contributed by atoms with E-state index >= 15 is 0 Å². The van der Waals surface area contributed by atoms with Gasteiger partial charge in [0.25, 0.3) is 0 Å². The van der Waals surface area contributed by atoms with E-state index in [-0.39, 0.29) is 5.91 Å². The number of carbonyl (C=O) groups is 1. The summed E-state index contributed by atoms with van der Waals surface area (Å²) in [7, 11) is 0. The summed E-state index contributed by atoms with van der Waals surface area (Å²) >= 11 is 3.40. The number of halogens is 1. The molecule has 0 bridgehead atoms. The molecule has 25 heavy (non-hydrogen) atoms. The highest BCUT2D eigenvalue weighted by Gasteiger charge is 2.18. The molecule has 1 heterocycles. The fourth-order valence-corrected chi connectivity index (χ4v) is 3.30. The molecule has 1 aliphatic heterocycles. The van der Waals surface area contributed by atoms with Crippen molar-refractivity contribution in [2.24, 2.45) is 0 Å². The van der Waals surface area contributed by atoms with E-state index in [2.05, 4.69) is 61.4 Å². The molecule has 0 saturated carbocycles. The average molecular weight is 402 g/mol. The predicted molar refractivity (Wildman–Crippen MR) is 106 cm³/mol. The molecule has 132 valence electrons. The van der Waals surface area contributed by atoms with Crippen molar-refractivity contribution >= 4 is 27.5 Å². The molecule has 1 aliphatic rings. The quantitative estimate of drug-likeness (QED) is 0.806. The van der Waals surface area contributed by atoms with E-state index in [1.165, 1.54) is 5.56 Å². The Labute approximate surface area is 158 Å². The summed E-state index contributed by atoms with van der Waals surface area (Å²) in [4.78, 5) is 16.9. The van der Waals surface area contributed by atoms with E-state index in [4.69, 9.17) is 0 Å². The number of rotatable bonds is 6. The minimum Gasteiger partial charge on any atom is -0.325 e. The molecule has 1 saturated heterocycles. The molecule has 5 heteroatoms. The minimum atomic E-state index is 0.0556. The minimum absolute atomic E-state index is 0.0556. The number of piperazine rings is 1. The first-order chi connectivity index (χ1) is 12.2. The summed E-state index contributed by atoms with van der Waals surface area (Å²) < 4.78 is 1.01. The van der Waals surface area contributed by atoms with Crippen molar-refractivity contribution in [2.45, 2.75) is 6.42 Å².